The molecule has 0 atom stereocenters. The fourth-order valence-electron chi connectivity index (χ4n) is 1.66. The van der Waals surface area contributed by atoms with E-state index >= 15 is 0 Å². The van der Waals surface area contributed by atoms with Crippen molar-refractivity contribution in [3.8, 4) is 0 Å². The maximum absolute atomic E-state index is 11.8. The Kier molecular flexibility index (Phi) is 4.73. The first kappa shape index (κ1) is 14.8. The van der Waals surface area contributed by atoms with Crippen molar-refractivity contribution in [2.45, 2.75) is 6.92 Å². The maximum Gasteiger partial charge on any atom is 0.279 e. The minimum Gasteiger partial charge on any atom is -0.326 e. The van der Waals surface area contributed by atoms with Gasteiger partial charge in [0.1, 0.15) is 0 Å². The third-order valence-electron chi connectivity index (χ3n) is 2.60. The average molecular weight is 301 g/mol. The van der Waals surface area contributed by atoms with Crippen LogP contribution in [-0.4, -0.2) is 11.8 Å². The van der Waals surface area contributed by atoms with Gasteiger partial charge in [0.15, 0.2) is 0 Å². The summed E-state index contributed by atoms with van der Waals surface area (Å²) >= 11 is 1.36. The molecule has 0 spiro atoms. The number of hydrogen-bond donors (Lipinski definition) is 3. The summed E-state index contributed by atoms with van der Waals surface area (Å²) < 4.78 is 0. The highest BCUT2D eigenvalue weighted by Gasteiger charge is 2.07. The number of carbonyl (C=O) groups is 2. The van der Waals surface area contributed by atoms with Crippen molar-refractivity contribution in [2.75, 3.05) is 5.32 Å². The highest BCUT2D eigenvalue weighted by Crippen LogP contribution is 2.15. The molecular weight excluding hydrogens is 286 g/mol. The number of nitrogens with one attached hydrogen (secondary N) is 3. The average Bonchev–Trinajstić information content (AvgIpc) is 2.98. The molecular formula is C15H15N3O2S. The third kappa shape index (κ3) is 4.19. The highest BCUT2D eigenvalue weighted by atomic mass is 32.1. The van der Waals surface area contributed by atoms with E-state index in [1.54, 1.807) is 24.3 Å². The quantitative estimate of drug-likeness (QED) is 0.744. The first-order valence-corrected chi connectivity index (χ1v) is 7.11. The van der Waals surface area contributed by atoms with Crippen LogP contribution < -0.4 is 16.2 Å². The molecule has 5 nitrogen and oxygen atoms in total. The summed E-state index contributed by atoms with van der Waals surface area (Å²) in [5, 5.41) is 4.53. The summed E-state index contributed by atoms with van der Waals surface area (Å²) in [7, 11) is 0. The van der Waals surface area contributed by atoms with Crippen LogP contribution in [0.3, 0.4) is 0 Å². The van der Waals surface area contributed by atoms with Gasteiger partial charge in [-0.1, -0.05) is 24.8 Å². The molecule has 1 heterocycles. The van der Waals surface area contributed by atoms with E-state index in [-0.39, 0.29) is 11.8 Å². The summed E-state index contributed by atoms with van der Waals surface area (Å²) in [4.78, 5) is 23.4. The number of thiophene rings is 1. The van der Waals surface area contributed by atoms with Crippen molar-refractivity contribution in [1.82, 2.24) is 10.9 Å². The largest absolute Gasteiger partial charge is 0.326 e. The molecule has 0 saturated carbocycles. The van der Waals surface area contributed by atoms with Gasteiger partial charge in [0.2, 0.25) is 5.91 Å². The molecule has 2 amide bonds. The normalized spacial score (nSPS) is 9.76. The Hall–Kier alpha value is -2.60. The van der Waals surface area contributed by atoms with E-state index in [1.165, 1.54) is 18.3 Å². The van der Waals surface area contributed by atoms with E-state index < -0.39 is 0 Å². The van der Waals surface area contributed by atoms with Gasteiger partial charge in [-0.05, 0) is 23.6 Å². The zero-order valence-corrected chi connectivity index (χ0v) is 12.3. The Morgan fingerprint density at radius 1 is 1.14 bits per heavy atom. The van der Waals surface area contributed by atoms with Gasteiger partial charge in [-0.3, -0.25) is 20.4 Å². The molecule has 0 saturated heterocycles. The zero-order valence-electron chi connectivity index (χ0n) is 11.5. The van der Waals surface area contributed by atoms with E-state index in [0.29, 0.717) is 16.3 Å². The van der Waals surface area contributed by atoms with Crippen molar-refractivity contribution < 1.29 is 9.59 Å². The Morgan fingerprint density at radius 2 is 1.95 bits per heavy atom. The Morgan fingerprint density at radius 3 is 2.62 bits per heavy atom. The minimum atomic E-state index is -0.218. The van der Waals surface area contributed by atoms with Crippen molar-refractivity contribution in [3.05, 3.63) is 58.8 Å². The maximum atomic E-state index is 11.8. The summed E-state index contributed by atoms with van der Waals surface area (Å²) in [5.41, 5.74) is 7.32. The molecule has 1 aromatic carbocycles. The number of anilines is 1. The molecule has 0 aliphatic carbocycles. The predicted octanol–water partition coefficient (Wildman–Crippen LogP) is 2.61. The summed E-state index contributed by atoms with van der Waals surface area (Å²) in [6.45, 7) is 5.31. The topological polar surface area (TPSA) is 70.2 Å². The van der Waals surface area contributed by atoms with Crippen LogP contribution in [-0.2, 0) is 4.79 Å². The summed E-state index contributed by atoms with van der Waals surface area (Å²) in [6.07, 6.45) is 0. The van der Waals surface area contributed by atoms with E-state index in [4.69, 9.17) is 0 Å². The van der Waals surface area contributed by atoms with E-state index in [1.807, 2.05) is 17.5 Å². The molecule has 0 unspecified atom stereocenters. The van der Waals surface area contributed by atoms with E-state index in [0.717, 1.165) is 5.56 Å². The van der Waals surface area contributed by atoms with Crippen LogP contribution in [0.15, 0.2) is 48.4 Å². The number of carbonyl (C=O) groups excluding carboxylic acids is 2. The first-order valence-electron chi connectivity index (χ1n) is 6.23. The molecule has 0 bridgehead atoms. The van der Waals surface area contributed by atoms with E-state index in [9.17, 15) is 9.59 Å². The molecule has 2 aromatic rings. The standard InChI is InChI=1S/C15H15N3O2S/c1-10(17-18-15(20)14-7-4-8-21-14)12-5-3-6-13(9-12)16-11(2)19/h3-9,17H,1H2,2H3,(H,16,19)(H,18,20). The van der Waals surface area contributed by atoms with Crippen LogP contribution in [0.5, 0.6) is 0 Å². The van der Waals surface area contributed by atoms with Crippen LogP contribution in [0, 0.1) is 0 Å². The van der Waals surface area contributed by atoms with Crippen LogP contribution in [0.2, 0.25) is 0 Å². The number of amides is 2. The second-order valence-electron chi connectivity index (χ2n) is 4.30. The van der Waals surface area contributed by atoms with Crippen molar-refractivity contribution in [1.29, 1.82) is 0 Å². The van der Waals surface area contributed by atoms with Crippen molar-refractivity contribution in [2.24, 2.45) is 0 Å². The number of benzene rings is 1. The van der Waals surface area contributed by atoms with Crippen LogP contribution in [0.4, 0.5) is 5.69 Å². The monoisotopic (exact) mass is 301 g/mol. The lowest BCUT2D eigenvalue weighted by Gasteiger charge is -2.12. The van der Waals surface area contributed by atoms with Gasteiger partial charge in [-0.15, -0.1) is 11.3 Å². The van der Waals surface area contributed by atoms with Gasteiger partial charge in [-0.2, -0.15) is 0 Å². The Labute approximate surface area is 126 Å². The van der Waals surface area contributed by atoms with Crippen LogP contribution in [0.25, 0.3) is 5.70 Å². The summed E-state index contributed by atoms with van der Waals surface area (Å²) in [5.74, 6) is -0.360. The molecule has 6 heteroatoms. The molecule has 0 radical (unpaired) electrons. The zero-order chi connectivity index (χ0) is 15.2. The molecule has 1 aromatic heterocycles. The van der Waals surface area contributed by atoms with Crippen LogP contribution >= 0.6 is 11.3 Å². The molecule has 0 aliphatic rings. The van der Waals surface area contributed by atoms with E-state index in [2.05, 4.69) is 22.7 Å². The number of hydrazine groups is 1. The second-order valence-corrected chi connectivity index (χ2v) is 5.24. The Balaban J connectivity index is 1.97. The predicted molar refractivity (Wildman–Crippen MR) is 84.7 cm³/mol. The van der Waals surface area contributed by atoms with Gasteiger partial charge in [0.05, 0.1) is 10.6 Å². The first-order chi connectivity index (χ1) is 10.1. The number of rotatable bonds is 5. The summed E-state index contributed by atoms with van der Waals surface area (Å²) in [6, 6.07) is 10.7. The fourth-order valence-corrected chi connectivity index (χ4v) is 2.28. The smallest absolute Gasteiger partial charge is 0.279 e. The molecule has 2 rings (SSSR count). The van der Waals surface area contributed by atoms with Gasteiger partial charge >= 0.3 is 0 Å². The molecule has 21 heavy (non-hydrogen) atoms. The molecule has 0 fully saturated rings. The van der Waals surface area contributed by atoms with Crippen molar-refractivity contribution >= 4 is 34.5 Å². The lowest BCUT2D eigenvalue weighted by Crippen LogP contribution is -2.35. The SMILES string of the molecule is C=C(NNC(=O)c1cccs1)c1cccc(NC(C)=O)c1. The number of hydrogen-bond acceptors (Lipinski definition) is 4. The molecule has 3 N–H and O–H groups in total. The minimum absolute atomic E-state index is 0.142. The third-order valence-corrected chi connectivity index (χ3v) is 3.47. The highest BCUT2D eigenvalue weighted by molar-refractivity contribution is 7.12. The van der Waals surface area contributed by atoms with Gasteiger partial charge in [0, 0.05) is 18.2 Å². The molecule has 108 valence electrons. The second kappa shape index (κ2) is 6.71. The Bertz CT molecular complexity index is 665. The lowest BCUT2D eigenvalue weighted by molar-refractivity contribution is -0.114. The van der Waals surface area contributed by atoms with Crippen molar-refractivity contribution in [3.63, 3.8) is 0 Å². The van der Waals surface area contributed by atoms with Crippen LogP contribution in [0.1, 0.15) is 22.2 Å². The molecule has 0 aliphatic heterocycles. The van der Waals surface area contributed by atoms with Gasteiger partial charge < -0.3 is 5.32 Å². The van der Waals surface area contributed by atoms with Gasteiger partial charge in [-0.25, -0.2) is 0 Å². The fraction of sp³-hybridized carbons (Fsp3) is 0.0667. The van der Waals surface area contributed by atoms with Gasteiger partial charge in [0.25, 0.3) is 5.91 Å². The lowest BCUT2D eigenvalue weighted by atomic mass is 10.1.